The van der Waals surface area contributed by atoms with Crippen molar-refractivity contribution in [2.24, 2.45) is 0 Å². The topological polar surface area (TPSA) is 12.0 Å². The second kappa shape index (κ2) is 6.85. The third-order valence-corrected chi connectivity index (χ3v) is 1.27. The first-order valence-electron chi connectivity index (χ1n) is 3.25. The van der Waals surface area contributed by atoms with Gasteiger partial charge in [0.2, 0.25) is 0 Å². The number of hydrogen-bond acceptors (Lipinski definition) is 1. The van der Waals surface area contributed by atoms with Crippen LogP contribution in [0.2, 0.25) is 0 Å². The van der Waals surface area contributed by atoms with E-state index >= 15 is 0 Å². The minimum atomic E-state index is 0.824. The molecule has 0 aromatic heterocycles. The van der Waals surface area contributed by atoms with Gasteiger partial charge in [-0.25, -0.2) is 0 Å². The number of rotatable bonds is 5. The molecule has 0 aliphatic carbocycles. The number of terminal acetylenes is 1. The fourth-order valence-corrected chi connectivity index (χ4v) is 0.738. The molecule has 0 radical (unpaired) electrons. The molecule has 56 valence electrons. The predicted octanol–water partition coefficient (Wildman–Crippen LogP) is 1.90. The molecule has 1 nitrogen and oxygen atoms in total. The maximum Gasteiger partial charge on any atom is 0.0265 e. The summed E-state index contributed by atoms with van der Waals surface area (Å²) in [5.74, 6) is 2.58. The van der Waals surface area contributed by atoms with E-state index < -0.39 is 0 Å². The molecule has 0 aliphatic heterocycles. The largest absolute Gasteiger partial charge is 0.312 e. The molecule has 1 N–H and O–H groups in total. The quantitative estimate of drug-likeness (QED) is 0.530. The average molecular weight is 202 g/mol. The lowest BCUT2D eigenvalue weighted by Gasteiger charge is -1.99. The molecular weight excluding hydrogens is 190 g/mol. The third-order valence-electron chi connectivity index (χ3n) is 0.991. The molecule has 0 fully saturated rings. The van der Waals surface area contributed by atoms with E-state index in [0.717, 1.165) is 30.4 Å². The fraction of sp³-hybridized carbons (Fsp3) is 0.500. The average Bonchev–Trinajstić information content (AvgIpc) is 1.87. The van der Waals surface area contributed by atoms with Gasteiger partial charge in [-0.3, -0.25) is 0 Å². The highest BCUT2D eigenvalue weighted by molar-refractivity contribution is 9.11. The molecule has 10 heavy (non-hydrogen) atoms. The van der Waals surface area contributed by atoms with E-state index in [2.05, 4.69) is 33.7 Å². The van der Waals surface area contributed by atoms with Crippen LogP contribution in [-0.2, 0) is 0 Å². The summed E-state index contributed by atoms with van der Waals surface area (Å²) < 4.78 is 0.980. The van der Waals surface area contributed by atoms with E-state index in [1.807, 2.05) is 0 Å². The summed E-state index contributed by atoms with van der Waals surface area (Å²) in [7, 11) is 0. The van der Waals surface area contributed by atoms with Gasteiger partial charge in [0.05, 0.1) is 0 Å². The first-order chi connectivity index (χ1) is 4.77. The molecule has 0 rings (SSSR count). The van der Waals surface area contributed by atoms with Crippen LogP contribution in [-0.4, -0.2) is 13.1 Å². The molecule has 0 saturated heterocycles. The number of hydrogen-bond donors (Lipinski definition) is 1. The Morgan fingerprint density at radius 3 is 2.90 bits per heavy atom. The van der Waals surface area contributed by atoms with Gasteiger partial charge < -0.3 is 5.32 Å². The number of halogens is 1. The predicted molar refractivity (Wildman–Crippen MR) is 49.0 cm³/mol. The van der Waals surface area contributed by atoms with E-state index in [-0.39, 0.29) is 0 Å². The SMILES string of the molecule is C#CCCCNCC(=C)Br. The van der Waals surface area contributed by atoms with Crippen LogP contribution in [0.15, 0.2) is 11.1 Å². The van der Waals surface area contributed by atoms with Crippen molar-refractivity contribution in [3.63, 3.8) is 0 Å². The van der Waals surface area contributed by atoms with Gasteiger partial charge in [0.15, 0.2) is 0 Å². The summed E-state index contributed by atoms with van der Waals surface area (Å²) >= 11 is 3.25. The van der Waals surface area contributed by atoms with Gasteiger partial charge in [-0.15, -0.1) is 12.3 Å². The maximum atomic E-state index is 5.07. The van der Waals surface area contributed by atoms with E-state index in [1.165, 1.54) is 0 Å². The Labute approximate surface area is 71.0 Å². The third kappa shape index (κ3) is 7.74. The van der Waals surface area contributed by atoms with Crippen molar-refractivity contribution in [2.45, 2.75) is 12.8 Å². The molecule has 0 unspecified atom stereocenters. The molecule has 0 saturated carbocycles. The smallest absolute Gasteiger partial charge is 0.0265 e. The molecule has 2 heteroatoms. The summed E-state index contributed by atoms with van der Waals surface area (Å²) in [5.41, 5.74) is 0. The van der Waals surface area contributed by atoms with Gasteiger partial charge in [-0.2, -0.15) is 0 Å². The van der Waals surface area contributed by atoms with Gasteiger partial charge >= 0.3 is 0 Å². The van der Waals surface area contributed by atoms with Crippen LogP contribution < -0.4 is 5.32 Å². The lowest BCUT2D eigenvalue weighted by Crippen LogP contribution is -2.16. The molecule has 0 atom stereocenters. The minimum Gasteiger partial charge on any atom is -0.312 e. The molecule has 0 spiro atoms. The molecule has 0 heterocycles. The van der Waals surface area contributed by atoms with E-state index in [0.29, 0.717) is 0 Å². The highest BCUT2D eigenvalue weighted by Gasteiger charge is 1.86. The number of unbranched alkanes of at least 4 members (excludes halogenated alkanes) is 1. The first-order valence-corrected chi connectivity index (χ1v) is 4.04. The van der Waals surface area contributed by atoms with Crippen LogP contribution in [0.25, 0.3) is 0 Å². The molecule has 0 bridgehead atoms. The lowest BCUT2D eigenvalue weighted by molar-refractivity contribution is 0.704. The Morgan fingerprint density at radius 2 is 2.40 bits per heavy atom. The zero-order valence-electron chi connectivity index (χ0n) is 5.99. The molecule has 0 amide bonds. The van der Waals surface area contributed by atoms with E-state index in [9.17, 15) is 0 Å². The van der Waals surface area contributed by atoms with Crippen molar-refractivity contribution < 1.29 is 0 Å². The van der Waals surface area contributed by atoms with Gasteiger partial charge in [0.1, 0.15) is 0 Å². The van der Waals surface area contributed by atoms with Gasteiger partial charge in [0.25, 0.3) is 0 Å². The molecule has 0 aromatic rings. The normalized spacial score (nSPS) is 8.80. The first kappa shape index (κ1) is 9.74. The highest BCUT2D eigenvalue weighted by atomic mass is 79.9. The van der Waals surface area contributed by atoms with Gasteiger partial charge in [0, 0.05) is 17.4 Å². The van der Waals surface area contributed by atoms with Gasteiger partial charge in [-0.1, -0.05) is 22.5 Å². The van der Waals surface area contributed by atoms with Crippen molar-refractivity contribution in [2.75, 3.05) is 13.1 Å². The Bertz CT molecular complexity index is 135. The summed E-state index contributed by atoms with van der Waals surface area (Å²) in [6, 6.07) is 0. The van der Waals surface area contributed by atoms with Crippen LogP contribution >= 0.6 is 15.9 Å². The Morgan fingerprint density at radius 1 is 1.70 bits per heavy atom. The fourth-order valence-electron chi connectivity index (χ4n) is 0.539. The van der Waals surface area contributed by atoms with E-state index in [4.69, 9.17) is 6.42 Å². The van der Waals surface area contributed by atoms with Crippen LogP contribution in [0.4, 0.5) is 0 Å². The van der Waals surface area contributed by atoms with Crippen molar-refractivity contribution in [3.05, 3.63) is 11.1 Å². The second-order valence-corrected chi connectivity index (χ2v) is 3.12. The van der Waals surface area contributed by atoms with Crippen LogP contribution in [0.3, 0.4) is 0 Å². The Kier molecular flexibility index (Phi) is 6.68. The number of nitrogens with one attached hydrogen (secondary N) is 1. The summed E-state index contributed by atoms with van der Waals surface area (Å²) in [6.45, 7) is 5.48. The zero-order valence-corrected chi connectivity index (χ0v) is 7.58. The molecule has 0 aliphatic rings. The van der Waals surface area contributed by atoms with Crippen LogP contribution in [0.5, 0.6) is 0 Å². The van der Waals surface area contributed by atoms with Crippen LogP contribution in [0, 0.1) is 12.3 Å². The standard InChI is InChI=1S/C8H12BrN/c1-3-4-5-6-10-7-8(2)9/h1,10H,2,4-7H2. The minimum absolute atomic E-state index is 0.824. The summed E-state index contributed by atoms with van der Waals surface area (Å²) in [5, 5.41) is 3.18. The van der Waals surface area contributed by atoms with Crippen molar-refractivity contribution in [1.82, 2.24) is 5.32 Å². The van der Waals surface area contributed by atoms with E-state index in [1.54, 1.807) is 0 Å². The second-order valence-electron chi connectivity index (χ2n) is 2.00. The summed E-state index contributed by atoms with van der Waals surface area (Å²) in [6.07, 6.45) is 6.95. The van der Waals surface area contributed by atoms with Crippen LogP contribution in [0.1, 0.15) is 12.8 Å². The molecule has 0 aromatic carbocycles. The van der Waals surface area contributed by atoms with Crippen molar-refractivity contribution in [3.8, 4) is 12.3 Å². The summed E-state index contributed by atoms with van der Waals surface area (Å²) in [4.78, 5) is 0. The Balaban J connectivity index is 2.92. The van der Waals surface area contributed by atoms with Gasteiger partial charge in [-0.05, 0) is 13.0 Å². The van der Waals surface area contributed by atoms with Crippen molar-refractivity contribution >= 4 is 15.9 Å². The highest BCUT2D eigenvalue weighted by Crippen LogP contribution is 1.96. The molecular formula is C8H12BrN. The maximum absolute atomic E-state index is 5.07. The Hall–Kier alpha value is -0.260. The van der Waals surface area contributed by atoms with Crippen molar-refractivity contribution in [1.29, 1.82) is 0 Å². The zero-order chi connectivity index (χ0) is 7.82. The lowest BCUT2D eigenvalue weighted by atomic mass is 10.3. The monoisotopic (exact) mass is 201 g/mol.